The fourth-order valence-corrected chi connectivity index (χ4v) is 2.92. The molecule has 2 nitrogen and oxygen atoms in total. The summed E-state index contributed by atoms with van der Waals surface area (Å²) in [5.74, 6) is 0.985. The van der Waals surface area contributed by atoms with Gasteiger partial charge in [-0.3, -0.25) is 4.90 Å². The fourth-order valence-electron chi connectivity index (χ4n) is 2.37. The number of hydrogen-bond donors (Lipinski definition) is 1. The van der Waals surface area contributed by atoms with E-state index in [1.165, 1.54) is 19.4 Å². The standard InChI is InChI=1S/C13H27NOS/c1-5-13(6-2,10-16)9-14-7-12(4)15-8-11(14)3/h11-12,16H,5-10H2,1-4H3. The topological polar surface area (TPSA) is 12.5 Å². The van der Waals surface area contributed by atoms with Crippen LogP contribution in [0.3, 0.4) is 0 Å². The Morgan fingerprint density at radius 3 is 2.44 bits per heavy atom. The van der Waals surface area contributed by atoms with E-state index in [-0.39, 0.29) is 0 Å². The molecule has 3 heteroatoms. The highest BCUT2D eigenvalue weighted by Crippen LogP contribution is 2.30. The lowest BCUT2D eigenvalue weighted by Gasteiger charge is -2.43. The summed E-state index contributed by atoms with van der Waals surface area (Å²) >= 11 is 4.56. The number of morpholine rings is 1. The average molecular weight is 245 g/mol. The minimum atomic E-state index is 0.377. The van der Waals surface area contributed by atoms with Crippen LogP contribution in [-0.2, 0) is 4.74 Å². The molecule has 0 aromatic carbocycles. The fraction of sp³-hybridized carbons (Fsp3) is 1.00. The van der Waals surface area contributed by atoms with Gasteiger partial charge in [-0.25, -0.2) is 0 Å². The molecule has 0 spiro atoms. The molecule has 1 saturated heterocycles. The van der Waals surface area contributed by atoms with Crippen LogP contribution in [-0.4, -0.2) is 42.5 Å². The summed E-state index contributed by atoms with van der Waals surface area (Å²) in [5.41, 5.74) is 0.383. The highest BCUT2D eigenvalue weighted by molar-refractivity contribution is 7.80. The molecule has 0 bridgehead atoms. The summed E-state index contributed by atoms with van der Waals surface area (Å²) in [7, 11) is 0. The van der Waals surface area contributed by atoms with Crippen molar-refractivity contribution in [3.8, 4) is 0 Å². The number of rotatable bonds is 5. The molecule has 0 radical (unpaired) electrons. The van der Waals surface area contributed by atoms with Gasteiger partial charge in [-0.15, -0.1) is 0 Å². The van der Waals surface area contributed by atoms with Gasteiger partial charge in [-0.2, -0.15) is 12.6 Å². The molecule has 0 amide bonds. The van der Waals surface area contributed by atoms with Gasteiger partial charge in [0.25, 0.3) is 0 Å². The predicted octanol–water partition coefficient (Wildman–Crippen LogP) is 2.83. The van der Waals surface area contributed by atoms with E-state index >= 15 is 0 Å². The van der Waals surface area contributed by atoms with Crippen LogP contribution in [0.2, 0.25) is 0 Å². The van der Waals surface area contributed by atoms with Crippen LogP contribution in [0, 0.1) is 5.41 Å². The summed E-state index contributed by atoms with van der Waals surface area (Å²) < 4.78 is 5.67. The van der Waals surface area contributed by atoms with E-state index in [0.717, 1.165) is 18.9 Å². The molecule has 1 fully saturated rings. The molecule has 96 valence electrons. The van der Waals surface area contributed by atoms with Crippen molar-refractivity contribution in [3.05, 3.63) is 0 Å². The lowest BCUT2D eigenvalue weighted by molar-refractivity contribution is -0.0618. The van der Waals surface area contributed by atoms with Crippen molar-refractivity contribution in [1.82, 2.24) is 4.90 Å². The molecular weight excluding hydrogens is 218 g/mol. The summed E-state index contributed by atoms with van der Waals surface area (Å²) in [4.78, 5) is 2.58. The highest BCUT2D eigenvalue weighted by Gasteiger charge is 2.32. The van der Waals surface area contributed by atoms with E-state index in [1.54, 1.807) is 0 Å². The SMILES string of the molecule is CCC(CC)(CS)CN1CC(C)OCC1C. The quantitative estimate of drug-likeness (QED) is 0.748. The summed E-state index contributed by atoms with van der Waals surface area (Å²) in [6.45, 7) is 12.1. The van der Waals surface area contributed by atoms with E-state index in [2.05, 4.69) is 45.2 Å². The van der Waals surface area contributed by atoms with Crippen LogP contribution in [0.15, 0.2) is 0 Å². The molecular formula is C13H27NOS. The normalized spacial score (nSPS) is 28.3. The second kappa shape index (κ2) is 6.27. The van der Waals surface area contributed by atoms with Crippen molar-refractivity contribution in [2.45, 2.75) is 52.7 Å². The minimum absolute atomic E-state index is 0.377. The number of ether oxygens (including phenoxy) is 1. The van der Waals surface area contributed by atoms with E-state index in [0.29, 0.717) is 17.6 Å². The van der Waals surface area contributed by atoms with Crippen molar-refractivity contribution in [3.63, 3.8) is 0 Å². The maximum Gasteiger partial charge on any atom is 0.0674 e. The van der Waals surface area contributed by atoms with Crippen LogP contribution in [0.4, 0.5) is 0 Å². The number of nitrogens with zero attached hydrogens (tertiary/aromatic N) is 1. The van der Waals surface area contributed by atoms with Crippen LogP contribution in [0.1, 0.15) is 40.5 Å². The summed E-state index contributed by atoms with van der Waals surface area (Å²) in [5, 5.41) is 0. The van der Waals surface area contributed by atoms with Gasteiger partial charge in [-0.1, -0.05) is 13.8 Å². The maximum absolute atomic E-state index is 5.67. The van der Waals surface area contributed by atoms with Crippen molar-refractivity contribution >= 4 is 12.6 Å². The first-order valence-corrected chi connectivity index (χ1v) is 7.16. The zero-order valence-electron chi connectivity index (χ0n) is 11.2. The van der Waals surface area contributed by atoms with Crippen molar-refractivity contribution < 1.29 is 4.74 Å². The second-order valence-corrected chi connectivity index (χ2v) is 5.60. The molecule has 2 unspecified atom stereocenters. The van der Waals surface area contributed by atoms with E-state index in [1.807, 2.05) is 0 Å². The number of thiol groups is 1. The molecule has 16 heavy (non-hydrogen) atoms. The number of hydrogen-bond acceptors (Lipinski definition) is 3. The zero-order valence-corrected chi connectivity index (χ0v) is 12.1. The maximum atomic E-state index is 5.67. The van der Waals surface area contributed by atoms with Gasteiger partial charge >= 0.3 is 0 Å². The van der Waals surface area contributed by atoms with Crippen molar-refractivity contribution in [2.75, 3.05) is 25.4 Å². The Bertz CT molecular complexity index is 198. The third-order valence-corrected chi connectivity index (χ3v) is 4.78. The van der Waals surface area contributed by atoms with Crippen molar-refractivity contribution in [2.24, 2.45) is 5.41 Å². The van der Waals surface area contributed by atoms with Crippen molar-refractivity contribution in [1.29, 1.82) is 0 Å². The second-order valence-electron chi connectivity index (χ2n) is 5.29. The molecule has 0 aromatic heterocycles. The Morgan fingerprint density at radius 1 is 1.31 bits per heavy atom. The molecule has 2 atom stereocenters. The van der Waals surface area contributed by atoms with E-state index < -0.39 is 0 Å². The van der Waals surface area contributed by atoms with Gasteiger partial charge in [0.15, 0.2) is 0 Å². The van der Waals surface area contributed by atoms with Crippen LogP contribution < -0.4 is 0 Å². The van der Waals surface area contributed by atoms with Crippen LogP contribution in [0.25, 0.3) is 0 Å². The first-order valence-electron chi connectivity index (χ1n) is 6.53. The average Bonchev–Trinajstić information content (AvgIpc) is 2.31. The first kappa shape index (κ1) is 14.3. The molecule has 1 rings (SSSR count). The first-order chi connectivity index (χ1) is 7.56. The van der Waals surface area contributed by atoms with E-state index in [4.69, 9.17) is 4.74 Å². The Balaban J connectivity index is 2.62. The molecule has 0 aromatic rings. The summed E-state index contributed by atoms with van der Waals surface area (Å²) in [6, 6.07) is 0.550. The van der Waals surface area contributed by atoms with Gasteiger partial charge in [0, 0.05) is 19.1 Å². The lowest BCUT2D eigenvalue weighted by Crippen LogP contribution is -2.51. The third kappa shape index (κ3) is 3.38. The molecule has 0 aliphatic carbocycles. The van der Waals surface area contributed by atoms with Gasteiger partial charge in [0.2, 0.25) is 0 Å². The van der Waals surface area contributed by atoms with Crippen LogP contribution in [0.5, 0.6) is 0 Å². The Morgan fingerprint density at radius 2 is 1.94 bits per heavy atom. The van der Waals surface area contributed by atoms with Gasteiger partial charge in [0.05, 0.1) is 12.7 Å². The third-order valence-electron chi connectivity index (χ3n) is 4.11. The summed E-state index contributed by atoms with van der Waals surface area (Å²) in [6.07, 6.45) is 2.80. The predicted molar refractivity (Wildman–Crippen MR) is 73.3 cm³/mol. The molecule has 0 N–H and O–H groups in total. The smallest absolute Gasteiger partial charge is 0.0674 e. The van der Waals surface area contributed by atoms with Crippen LogP contribution >= 0.6 is 12.6 Å². The zero-order chi connectivity index (χ0) is 12.2. The molecule has 0 saturated carbocycles. The monoisotopic (exact) mass is 245 g/mol. The Labute approximate surface area is 106 Å². The molecule has 1 aliphatic heterocycles. The highest BCUT2D eigenvalue weighted by atomic mass is 32.1. The Kier molecular flexibility index (Phi) is 5.62. The van der Waals surface area contributed by atoms with E-state index in [9.17, 15) is 0 Å². The van der Waals surface area contributed by atoms with Gasteiger partial charge < -0.3 is 4.74 Å². The molecule has 1 heterocycles. The van der Waals surface area contributed by atoms with Gasteiger partial charge in [-0.05, 0) is 37.9 Å². The molecule has 1 aliphatic rings. The van der Waals surface area contributed by atoms with Gasteiger partial charge in [0.1, 0.15) is 0 Å². The Hall–Kier alpha value is 0.270. The largest absolute Gasteiger partial charge is 0.376 e. The minimum Gasteiger partial charge on any atom is -0.376 e. The lowest BCUT2D eigenvalue weighted by atomic mass is 9.83.